The van der Waals surface area contributed by atoms with Crippen LogP contribution in [0.3, 0.4) is 0 Å². The number of halogens is 3. The van der Waals surface area contributed by atoms with Crippen LogP contribution in [0.1, 0.15) is 74.1 Å². The summed E-state index contributed by atoms with van der Waals surface area (Å²) in [7, 11) is -5.45. The molecule has 0 saturated heterocycles. The number of sulfone groups is 1. The molecule has 1 amide bonds. The van der Waals surface area contributed by atoms with Gasteiger partial charge in [-0.2, -0.15) is 13.2 Å². The number of hydrogen-bond donors (Lipinski definition) is 2. The number of carbonyl (C=O) groups excluding carboxylic acids is 1. The second-order valence-electron chi connectivity index (χ2n) is 5.95. The number of nitrogens with one attached hydrogen (secondary N) is 2. The van der Waals surface area contributed by atoms with E-state index in [0.717, 1.165) is 25.0 Å². The normalized spacial score (nSPS) is 11.0. The van der Waals surface area contributed by atoms with Gasteiger partial charge in [0.1, 0.15) is 0 Å². The fourth-order valence-corrected chi connectivity index (χ4v) is 3.40. The Kier molecular flexibility index (Phi) is 15.3. The van der Waals surface area contributed by atoms with Gasteiger partial charge in [0, 0.05) is 12.5 Å². The Bertz CT molecular complexity index is 715. The van der Waals surface area contributed by atoms with E-state index in [1.54, 1.807) is 6.92 Å². The first-order valence-electron chi connectivity index (χ1n) is 10.6. The van der Waals surface area contributed by atoms with Gasteiger partial charge in [-0.25, -0.2) is 8.42 Å². The summed E-state index contributed by atoms with van der Waals surface area (Å²) in [4.78, 5) is 11.6. The van der Waals surface area contributed by atoms with Crippen molar-refractivity contribution in [2.24, 2.45) is 5.92 Å². The number of hydrogen-bond acceptors (Lipinski definition) is 4. The molecule has 0 aromatic heterocycles. The van der Waals surface area contributed by atoms with Crippen molar-refractivity contribution < 1.29 is 26.4 Å². The standard InChI is InChI=1S/C17H25F3N2O3S.2C2H6/c1-4-7-12(8-5-2)16(23)22-14-10-9-13(11-15(14)21-6-3)26(24,25)17(18,19)20;2*1-2/h9-12,21H,4-8H2,1-3H3,(H,22,23);2*1-2H3. The fourth-order valence-electron chi connectivity index (χ4n) is 2.61. The van der Waals surface area contributed by atoms with Crippen molar-refractivity contribution in [1.82, 2.24) is 0 Å². The molecule has 9 heteroatoms. The van der Waals surface area contributed by atoms with E-state index in [-0.39, 0.29) is 23.2 Å². The van der Waals surface area contributed by atoms with Crippen LogP contribution >= 0.6 is 0 Å². The first-order chi connectivity index (χ1) is 14.1. The van der Waals surface area contributed by atoms with E-state index in [4.69, 9.17) is 0 Å². The molecule has 0 atom stereocenters. The van der Waals surface area contributed by atoms with Gasteiger partial charge in [-0.15, -0.1) is 0 Å². The topological polar surface area (TPSA) is 75.3 Å². The number of amides is 1. The van der Waals surface area contributed by atoms with Gasteiger partial charge in [-0.05, 0) is 38.0 Å². The van der Waals surface area contributed by atoms with Gasteiger partial charge in [0.2, 0.25) is 5.91 Å². The van der Waals surface area contributed by atoms with Gasteiger partial charge in [0.15, 0.2) is 0 Å². The van der Waals surface area contributed by atoms with Gasteiger partial charge < -0.3 is 10.6 Å². The molecule has 0 saturated carbocycles. The first-order valence-corrected chi connectivity index (χ1v) is 12.1. The quantitative estimate of drug-likeness (QED) is 0.440. The largest absolute Gasteiger partial charge is 0.501 e. The van der Waals surface area contributed by atoms with E-state index in [1.807, 2.05) is 41.5 Å². The van der Waals surface area contributed by atoms with Gasteiger partial charge >= 0.3 is 5.51 Å². The number of rotatable bonds is 9. The molecule has 30 heavy (non-hydrogen) atoms. The molecule has 0 aliphatic heterocycles. The predicted octanol–water partition coefficient (Wildman–Crippen LogP) is 6.62. The van der Waals surface area contributed by atoms with Crippen molar-refractivity contribution >= 4 is 27.1 Å². The Labute approximate surface area is 179 Å². The zero-order chi connectivity index (χ0) is 24.0. The minimum Gasteiger partial charge on any atom is -0.384 e. The highest BCUT2D eigenvalue weighted by Gasteiger charge is 2.47. The molecule has 1 aromatic carbocycles. The maximum atomic E-state index is 12.7. The number of carbonyl (C=O) groups is 1. The summed E-state index contributed by atoms with van der Waals surface area (Å²) in [6.45, 7) is 14.0. The molecule has 0 bridgehead atoms. The Balaban J connectivity index is 0. The van der Waals surface area contributed by atoms with Crippen LogP contribution in [0, 0.1) is 5.92 Å². The van der Waals surface area contributed by atoms with Crippen LogP contribution in [0.25, 0.3) is 0 Å². The highest BCUT2D eigenvalue weighted by Crippen LogP contribution is 2.34. The van der Waals surface area contributed by atoms with E-state index >= 15 is 0 Å². The molecule has 0 radical (unpaired) electrons. The smallest absolute Gasteiger partial charge is 0.384 e. The van der Waals surface area contributed by atoms with Gasteiger partial charge in [0.05, 0.1) is 16.3 Å². The maximum absolute atomic E-state index is 12.7. The number of alkyl halides is 3. The Hall–Kier alpha value is -1.77. The summed E-state index contributed by atoms with van der Waals surface area (Å²) in [5, 5.41) is 5.51. The lowest BCUT2D eigenvalue weighted by Crippen LogP contribution is -2.25. The molecule has 0 unspecified atom stereocenters. The van der Waals surface area contributed by atoms with E-state index in [9.17, 15) is 26.4 Å². The van der Waals surface area contributed by atoms with E-state index in [1.165, 1.54) is 6.07 Å². The SMILES string of the molecule is CC.CC.CCCC(CCC)C(=O)Nc1ccc(S(=O)(=O)C(F)(F)F)cc1NCC. The van der Waals surface area contributed by atoms with Crippen LogP contribution in [0.15, 0.2) is 23.1 Å². The molecule has 0 heterocycles. The highest BCUT2D eigenvalue weighted by atomic mass is 32.2. The fraction of sp³-hybridized carbons (Fsp3) is 0.667. The molecule has 0 spiro atoms. The monoisotopic (exact) mass is 454 g/mol. The summed E-state index contributed by atoms with van der Waals surface area (Å²) >= 11 is 0. The predicted molar refractivity (Wildman–Crippen MR) is 118 cm³/mol. The molecular weight excluding hydrogens is 417 g/mol. The van der Waals surface area contributed by atoms with Crippen molar-refractivity contribution in [1.29, 1.82) is 0 Å². The second kappa shape index (κ2) is 15.1. The third kappa shape index (κ3) is 8.93. The molecular formula is C21H37F3N2O3S. The molecule has 176 valence electrons. The molecule has 1 aromatic rings. The Morgan fingerprint density at radius 3 is 1.87 bits per heavy atom. The van der Waals surface area contributed by atoms with Gasteiger partial charge in [0.25, 0.3) is 9.84 Å². The lowest BCUT2D eigenvalue weighted by Gasteiger charge is -2.18. The van der Waals surface area contributed by atoms with Crippen molar-refractivity contribution in [3.05, 3.63) is 18.2 Å². The summed E-state index contributed by atoms with van der Waals surface area (Å²) < 4.78 is 61.4. The third-order valence-electron chi connectivity index (χ3n) is 3.88. The van der Waals surface area contributed by atoms with Crippen LogP contribution < -0.4 is 10.6 Å². The number of benzene rings is 1. The zero-order valence-electron chi connectivity index (χ0n) is 19.1. The lowest BCUT2D eigenvalue weighted by molar-refractivity contribution is -0.120. The third-order valence-corrected chi connectivity index (χ3v) is 5.36. The minimum absolute atomic E-state index is 0.137. The van der Waals surface area contributed by atoms with Crippen LogP contribution in [-0.2, 0) is 14.6 Å². The summed E-state index contributed by atoms with van der Waals surface area (Å²) in [5.74, 6) is -0.419. The zero-order valence-corrected chi connectivity index (χ0v) is 19.9. The Morgan fingerprint density at radius 2 is 1.47 bits per heavy atom. The maximum Gasteiger partial charge on any atom is 0.501 e. The van der Waals surface area contributed by atoms with Gasteiger partial charge in [-0.3, -0.25) is 4.79 Å². The molecule has 2 N–H and O–H groups in total. The average molecular weight is 455 g/mol. The lowest BCUT2D eigenvalue weighted by atomic mass is 9.97. The van der Waals surface area contributed by atoms with Crippen LogP contribution in [0.5, 0.6) is 0 Å². The van der Waals surface area contributed by atoms with Gasteiger partial charge in [-0.1, -0.05) is 54.4 Å². The highest BCUT2D eigenvalue weighted by molar-refractivity contribution is 7.92. The molecule has 0 fully saturated rings. The second-order valence-corrected chi connectivity index (χ2v) is 7.89. The summed E-state index contributed by atoms with van der Waals surface area (Å²) in [5.41, 5.74) is -4.98. The molecule has 0 aliphatic rings. The van der Waals surface area contributed by atoms with Crippen molar-refractivity contribution in [2.75, 3.05) is 17.2 Å². The number of anilines is 2. The molecule has 1 rings (SSSR count). The molecule has 0 aliphatic carbocycles. The average Bonchev–Trinajstić information content (AvgIpc) is 2.71. The Morgan fingerprint density at radius 1 is 0.967 bits per heavy atom. The minimum atomic E-state index is -5.45. The molecule has 5 nitrogen and oxygen atoms in total. The van der Waals surface area contributed by atoms with E-state index < -0.39 is 20.2 Å². The van der Waals surface area contributed by atoms with Crippen LogP contribution in [0.4, 0.5) is 24.5 Å². The first kappa shape index (κ1) is 30.4. The summed E-state index contributed by atoms with van der Waals surface area (Å²) in [6, 6.07) is 2.94. The van der Waals surface area contributed by atoms with Crippen LogP contribution in [-0.4, -0.2) is 26.4 Å². The summed E-state index contributed by atoms with van der Waals surface area (Å²) in [6.07, 6.45) is 3.08. The van der Waals surface area contributed by atoms with Crippen molar-refractivity contribution in [2.45, 2.75) is 84.6 Å². The van der Waals surface area contributed by atoms with E-state index in [2.05, 4.69) is 10.6 Å². The van der Waals surface area contributed by atoms with Crippen LogP contribution in [0.2, 0.25) is 0 Å². The van der Waals surface area contributed by atoms with Crippen molar-refractivity contribution in [3.63, 3.8) is 0 Å². The van der Waals surface area contributed by atoms with E-state index in [0.29, 0.717) is 19.4 Å². The van der Waals surface area contributed by atoms with Crippen molar-refractivity contribution in [3.8, 4) is 0 Å².